The van der Waals surface area contributed by atoms with Crippen LogP contribution in [-0.4, -0.2) is 38.3 Å². The van der Waals surface area contributed by atoms with Crippen molar-refractivity contribution in [2.45, 2.75) is 253 Å². The van der Waals surface area contributed by atoms with Crippen molar-refractivity contribution in [3.05, 3.63) is 0 Å². The van der Waals surface area contributed by atoms with Crippen molar-refractivity contribution in [3.63, 3.8) is 0 Å². The van der Waals surface area contributed by atoms with Crippen LogP contribution < -0.4 is 16.0 Å². The van der Waals surface area contributed by atoms with Crippen molar-refractivity contribution < 1.29 is 18.1 Å². The van der Waals surface area contributed by atoms with Crippen molar-refractivity contribution in [2.75, 3.05) is 19.6 Å². The summed E-state index contributed by atoms with van der Waals surface area (Å²) >= 11 is 0. The molecule has 3 atom stereocenters. The van der Waals surface area contributed by atoms with Gasteiger partial charge in [-0.3, -0.25) is 29.5 Å². The molecule has 0 bridgehead atoms. The topological polar surface area (TPSA) is 80.9 Å². The molecule has 3 unspecified atom stereocenters. The third-order valence-corrected chi connectivity index (χ3v) is 11.5. The molecule has 0 aliphatic rings. The van der Waals surface area contributed by atoms with Crippen LogP contribution in [0.5, 0.6) is 0 Å². The molecular weight excluding hydrogens is 641 g/mol. The first-order valence-electron chi connectivity index (χ1n) is 22.2. The van der Waals surface area contributed by atoms with Crippen molar-refractivity contribution >= 4 is 7.82 Å². The second-order valence-electron chi connectivity index (χ2n) is 15.1. The Bertz CT molecular complexity index is 626. The number of phosphoric acid groups is 1. The first kappa shape index (κ1) is 50.0. The van der Waals surface area contributed by atoms with E-state index in [4.69, 9.17) is 13.6 Å². The molecule has 0 radical (unpaired) electrons. The van der Waals surface area contributed by atoms with Gasteiger partial charge in [0.25, 0.3) is 0 Å². The number of rotatable bonds is 42. The third-order valence-electron chi connectivity index (χ3n) is 9.75. The van der Waals surface area contributed by atoms with Gasteiger partial charge in [0.15, 0.2) is 0 Å². The van der Waals surface area contributed by atoms with E-state index in [1.54, 1.807) is 0 Å². The lowest BCUT2D eigenvalue weighted by molar-refractivity contribution is 0.0200. The predicted octanol–water partition coefficient (Wildman–Crippen LogP) is 13.7. The molecule has 0 aromatic carbocycles. The fourth-order valence-corrected chi connectivity index (χ4v) is 8.06. The van der Waals surface area contributed by atoms with Gasteiger partial charge >= 0.3 is 7.82 Å². The Morgan fingerprint density at radius 3 is 0.720 bits per heavy atom. The maximum absolute atomic E-state index is 14.0. The lowest BCUT2D eigenvalue weighted by Crippen LogP contribution is -2.35. The zero-order valence-electron chi connectivity index (χ0n) is 34.6. The highest BCUT2D eigenvalue weighted by atomic mass is 31.2. The van der Waals surface area contributed by atoms with Crippen LogP contribution in [0.4, 0.5) is 0 Å². The standard InChI is InChI=1S/C42H90N3O4P/c1-7-10-13-16-19-22-25-28-31-34-37-43-40(4)47-50(46,48-41(5)44-38-35-32-29-26-23-20-17-14-11-8-2)49-42(6)45-39-36-33-30-27-24-21-18-15-12-9-3/h40-45H,7-39H2,1-6H3. The number of hydrogen-bond donors (Lipinski definition) is 3. The van der Waals surface area contributed by atoms with Crippen LogP contribution in [0.3, 0.4) is 0 Å². The Hall–Kier alpha value is -0.0100. The molecule has 8 heteroatoms. The molecule has 0 fully saturated rings. The molecule has 0 rings (SSSR count). The summed E-state index contributed by atoms with van der Waals surface area (Å²) in [7, 11) is -3.82. The highest BCUT2D eigenvalue weighted by Crippen LogP contribution is 2.52. The molecule has 0 saturated carbocycles. The maximum atomic E-state index is 14.0. The van der Waals surface area contributed by atoms with E-state index in [9.17, 15) is 4.57 Å². The molecule has 50 heavy (non-hydrogen) atoms. The molecule has 0 aromatic rings. The minimum absolute atomic E-state index is 0.428. The second kappa shape index (κ2) is 38.7. The smallest absolute Gasteiger partial charge is 0.292 e. The summed E-state index contributed by atoms with van der Waals surface area (Å²) < 4.78 is 32.0. The van der Waals surface area contributed by atoms with Crippen LogP contribution in [0.15, 0.2) is 0 Å². The van der Waals surface area contributed by atoms with E-state index in [-0.39, 0.29) is 0 Å². The summed E-state index contributed by atoms with van der Waals surface area (Å²) in [5.41, 5.74) is 0. The molecule has 0 heterocycles. The molecule has 0 aromatic heterocycles. The summed E-state index contributed by atoms with van der Waals surface area (Å²) in [6.07, 6.45) is 37.9. The first-order valence-corrected chi connectivity index (χ1v) is 23.7. The van der Waals surface area contributed by atoms with Crippen LogP contribution in [-0.2, 0) is 18.1 Å². The normalized spacial score (nSPS) is 14.9. The van der Waals surface area contributed by atoms with E-state index in [1.165, 1.54) is 173 Å². The monoisotopic (exact) mass is 732 g/mol. The summed E-state index contributed by atoms with van der Waals surface area (Å²) in [5.74, 6) is 0. The summed E-state index contributed by atoms with van der Waals surface area (Å²) in [6.45, 7) is 15.0. The minimum atomic E-state index is -3.82. The Morgan fingerprint density at radius 2 is 0.520 bits per heavy atom. The molecule has 0 aliphatic heterocycles. The van der Waals surface area contributed by atoms with Gasteiger partial charge in [-0.2, -0.15) is 0 Å². The first-order chi connectivity index (χ1) is 24.4. The van der Waals surface area contributed by atoms with Gasteiger partial charge < -0.3 is 0 Å². The fraction of sp³-hybridized carbons (Fsp3) is 1.00. The number of hydrogen-bond acceptors (Lipinski definition) is 7. The quantitative estimate of drug-likeness (QED) is 0.0328. The van der Waals surface area contributed by atoms with Crippen LogP contribution in [0, 0.1) is 0 Å². The third kappa shape index (κ3) is 36.4. The van der Waals surface area contributed by atoms with Crippen LogP contribution >= 0.6 is 7.82 Å². The zero-order valence-corrected chi connectivity index (χ0v) is 35.5. The van der Waals surface area contributed by atoms with Crippen molar-refractivity contribution in [1.29, 1.82) is 0 Å². The van der Waals surface area contributed by atoms with Crippen LogP contribution in [0.2, 0.25) is 0 Å². The van der Waals surface area contributed by atoms with Crippen LogP contribution in [0.25, 0.3) is 0 Å². The Balaban J connectivity index is 4.50. The van der Waals surface area contributed by atoms with Gasteiger partial charge in [-0.25, -0.2) is 4.57 Å². The van der Waals surface area contributed by atoms with Crippen molar-refractivity contribution in [2.24, 2.45) is 0 Å². The summed E-state index contributed by atoms with van der Waals surface area (Å²) in [6, 6.07) is 0. The largest absolute Gasteiger partial charge is 0.479 e. The average Bonchev–Trinajstić information content (AvgIpc) is 3.08. The van der Waals surface area contributed by atoms with Gasteiger partial charge in [-0.15, -0.1) is 0 Å². The minimum Gasteiger partial charge on any atom is -0.292 e. The lowest BCUT2D eigenvalue weighted by Gasteiger charge is -2.28. The summed E-state index contributed by atoms with van der Waals surface area (Å²) in [5, 5.41) is 10.2. The van der Waals surface area contributed by atoms with E-state index in [0.29, 0.717) is 0 Å². The maximum Gasteiger partial charge on any atom is 0.479 e. The van der Waals surface area contributed by atoms with Crippen molar-refractivity contribution in [3.8, 4) is 0 Å². The van der Waals surface area contributed by atoms with Gasteiger partial charge in [0.1, 0.15) is 18.7 Å². The number of nitrogens with one attached hydrogen (secondary N) is 3. The molecule has 302 valence electrons. The van der Waals surface area contributed by atoms with E-state index in [2.05, 4.69) is 36.7 Å². The van der Waals surface area contributed by atoms with Crippen molar-refractivity contribution in [1.82, 2.24) is 16.0 Å². The fourth-order valence-electron chi connectivity index (χ4n) is 6.52. The Morgan fingerprint density at radius 1 is 0.340 bits per heavy atom. The van der Waals surface area contributed by atoms with E-state index >= 15 is 0 Å². The van der Waals surface area contributed by atoms with E-state index in [1.807, 2.05) is 20.8 Å². The zero-order chi connectivity index (χ0) is 36.8. The Kier molecular flexibility index (Phi) is 38.7. The van der Waals surface area contributed by atoms with Crippen LogP contribution in [0.1, 0.15) is 234 Å². The molecule has 7 nitrogen and oxygen atoms in total. The van der Waals surface area contributed by atoms with Gasteiger partial charge in [-0.05, 0) is 59.7 Å². The number of phosphoric ester groups is 1. The highest BCUT2D eigenvalue weighted by molar-refractivity contribution is 7.48. The highest BCUT2D eigenvalue weighted by Gasteiger charge is 2.34. The van der Waals surface area contributed by atoms with E-state index < -0.39 is 26.5 Å². The molecule has 0 amide bonds. The Labute approximate surface area is 313 Å². The lowest BCUT2D eigenvalue weighted by atomic mass is 10.1. The summed E-state index contributed by atoms with van der Waals surface area (Å²) in [4.78, 5) is 0. The predicted molar refractivity (Wildman–Crippen MR) is 219 cm³/mol. The van der Waals surface area contributed by atoms with Gasteiger partial charge in [0.05, 0.1) is 0 Å². The SMILES string of the molecule is CCCCCCCCCCCCNC(C)OP(=O)(OC(C)NCCCCCCCCCCCC)OC(C)NCCCCCCCCCCCC. The molecule has 0 aliphatic carbocycles. The average molecular weight is 732 g/mol. The molecular formula is C42H90N3O4P. The van der Waals surface area contributed by atoms with Gasteiger partial charge in [0, 0.05) is 0 Å². The van der Waals surface area contributed by atoms with E-state index in [0.717, 1.165) is 38.9 Å². The molecule has 0 spiro atoms. The molecule has 3 N–H and O–H groups in total. The van der Waals surface area contributed by atoms with Gasteiger partial charge in [-0.1, -0.05) is 194 Å². The van der Waals surface area contributed by atoms with Gasteiger partial charge in [0.2, 0.25) is 0 Å². The second-order valence-corrected chi connectivity index (χ2v) is 16.6. The number of unbranched alkanes of at least 4 members (excludes halogenated alkanes) is 27. The molecule has 0 saturated heterocycles.